The smallest absolute Gasteiger partial charge is 0.243 e. The van der Waals surface area contributed by atoms with E-state index in [1.807, 2.05) is 31.2 Å². The standard InChI is InChI=1S/C16H20NO/c1-3-8-16(18)17-12-11-14(4-2)13-15-9-6-5-7-10-15/h3-10,12,14H,2,11,13H2,1H3,(H,17,18). The summed E-state index contributed by atoms with van der Waals surface area (Å²) in [7, 11) is 0. The van der Waals surface area contributed by atoms with E-state index in [0.717, 1.165) is 12.8 Å². The molecule has 0 aliphatic heterocycles. The van der Waals surface area contributed by atoms with Crippen molar-refractivity contribution in [1.29, 1.82) is 0 Å². The number of benzene rings is 1. The number of carbonyl (C=O) groups excluding carboxylic acids is 1. The fourth-order valence-electron chi connectivity index (χ4n) is 1.69. The number of allylic oxidation sites excluding steroid dienone is 2. The molecule has 0 fully saturated rings. The molecule has 0 aliphatic rings. The van der Waals surface area contributed by atoms with Crippen molar-refractivity contribution < 1.29 is 4.79 Å². The van der Waals surface area contributed by atoms with Crippen LogP contribution in [-0.4, -0.2) is 5.91 Å². The van der Waals surface area contributed by atoms with E-state index in [4.69, 9.17) is 0 Å². The van der Waals surface area contributed by atoms with Crippen molar-refractivity contribution in [1.82, 2.24) is 5.32 Å². The van der Waals surface area contributed by atoms with Gasteiger partial charge in [-0.05, 0) is 37.3 Å². The third-order valence-corrected chi connectivity index (χ3v) is 2.66. The first-order valence-corrected chi connectivity index (χ1v) is 6.17. The Hall–Kier alpha value is -1.83. The van der Waals surface area contributed by atoms with Crippen LogP contribution >= 0.6 is 0 Å². The number of nitrogens with one attached hydrogen (secondary N) is 1. The van der Waals surface area contributed by atoms with Crippen LogP contribution in [0, 0.1) is 12.5 Å². The first-order chi connectivity index (χ1) is 8.76. The van der Waals surface area contributed by atoms with Gasteiger partial charge in [0.05, 0.1) is 0 Å². The van der Waals surface area contributed by atoms with E-state index in [9.17, 15) is 4.79 Å². The summed E-state index contributed by atoms with van der Waals surface area (Å²) < 4.78 is 0. The molecule has 1 aromatic rings. The maximum Gasteiger partial charge on any atom is 0.243 e. The SMILES string of the molecule is C=CC(C[CH]NC(=O)C=CC)Cc1ccccc1. The van der Waals surface area contributed by atoms with Gasteiger partial charge in [-0.15, -0.1) is 6.58 Å². The van der Waals surface area contributed by atoms with E-state index in [1.165, 1.54) is 11.6 Å². The zero-order chi connectivity index (χ0) is 13.2. The number of rotatable bonds is 7. The second-order valence-electron chi connectivity index (χ2n) is 4.13. The van der Waals surface area contributed by atoms with Crippen LogP contribution in [0.1, 0.15) is 18.9 Å². The summed E-state index contributed by atoms with van der Waals surface area (Å²) >= 11 is 0. The Bertz CT molecular complexity index is 395. The second-order valence-corrected chi connectivity index (χ2v) is 4.13. The lowest BCUT2D eigenvalue weighted by molar-refractivity contribution is -0.116. The van der Waals surface area contributed by atoms with Gasteiger partial charge in [-0.25, -0.2) is 0 Å². The van der Waals surface area contributed by atoms with Gasteiger partial charge in [0.2, 0.25) is 5.91 Å². The average Bonchev–Trinajstić information content (AvgIpc) is 2.39. The summed E-state index contributed by atoms with van der Waals surface area (Å²) in [4.78, 5) is 11.2. The van der Waals surface area contributed by atoms with Crippen LogP contribution in [0.5, 0.6) is 0 Å². The Labute approximate surface area is 109 Å². The molecule has 0 saturated carbocycles. The minimum absolute atomic E-state index is 0.0833. The lowest BCUT2D eigenvalue weighted by Crippen LogP contribution is -2.19. The Kier molecular flexibility index (Phi) is 6.55. The first kappa shape index (κ1) is 14.2. The Morgan fingerprint density at radius 3 is 2.72 bits per heavy atom. The molecule has 1 N–H and O–H groups in total. The predicted octanol–water partition coefficient (Wildman–Crippen LogP) is 3.28. The van der Waals surface area contributed by atoms with Gasteiger partial charge in [0.15, 0.2) is 0 Å². The van der Waals surface area contributed by atoms with Crippen LogP contribution in [0.3, 0.4) is 0 Å². The fraction of sp³-hybridized carbons (Fsp3) is 0.250. The predicted molar refractivity (Wildman–Crippen MR) is 75.7 cm³/mol. The van der Waals surface area contributed by atoms with Gasteiger partial charge in [0.1, 0.15) is 0 Å². The van der Waals surface area contributed by atoms with Crippen molar-refractivity contribution in [3.8, 4) is 0 Å². The van der Waals surface area contributed by atoms with E-state index >= 15 is 0 Å². The maximum absolute atomic E-state index is 11.2. The summed E-state index contributed by atoms with van der Waals surface area (Å²) in [5.74, 6) is 0.262. The summed E-state index contributed by atoms with van der Waals surface area (Å²) in [6, 6.07) is 10.3. The molecule has 0 aliphatic carbocycles. The van der Waals surface area contributed by atoms with Gasteiger partial charge in [-0.2, -0.15) is 0 Å². The van der Waals surface area contributed by atoms with Crippen LogP contribution in [0.25, 0.3) is 0 Å². The van der Waals surface area contributed by atoms with E-state index in [0.29, 0.717) is 5.92 Å². The van der Waals surface area contributed by atoms with Crippen molar-refractivity contribution in [3.63, 3.8) is 0 Å². The van der Waals surface area contributed by atoms with Crippen LogP contribution in [0.15, 0.2) is 55.1 Å². The van der Waals surface area contributed by atoms with E-state index in [-0.39, 0.29) is 5.91 Å². The molecule has 1 rings (SSSR count). The van der Waals surface area contributed by atoms with Gasteiger partial charge >= 0.3 is 0 Å². The molecule has 0 saturated heterocycles. The van der Waals surface area contributed by atoms with Crippen molar-refractivity contribution in [2.75, 3.05) is 0 Å². The number of amides is 1. The van der Waals surface area contributed by atoms with Gasteiger partial charge in [0, 0.05) is 6.54 Å². The number of carbonyl (C=O) groups is 1. The molecule has 1 radical (unpaired) electrons. The summed E-state index contributed by atoms with van der Waals surface area (Å²) in [5.41, 5.74) is 1.29. The normalized spacial score (nSPS) is 12.3. The van der Waals surface area contributed by atoms with Gasteiger partial charge in [0.25, 0.3) is 0 Å². The maximum atomic E-state index is 11.2. The molecule has 1 unspecified atom stereocenters. The molecule has 2 nitrogen and oxygen atoms in total. The molecular weight excluding hydrogens is 222 g/mol. The Morgan fingerprint density at radius 1 is 1.39 bits per heavy atom. The number of hydrogen-bond donors (Lipinski definition) is 1. The van der Waals surface area contributed by atoms with Gasteiger partial charge in [-0.3, -0.25) is 4.79 Å². The second kappa shape index (κ2) is 8.29. The molecule has 0 bridgehead atoms. The first-order valence-electron chi connectivity index (χ1n) is 6.17. The molecule has 1 amide bonds. The molecule has 18 heavy (non-hydrogen) atoms. The van der Waals surface area contributed by atoms with Crippen LogP contribution in [0.2, 0.25) is 0 Å². The average molecular weight is 242 g/mol. The largest absolute Gasteiger partial charge is 0.348 e. The highest BCUT2D eigenvalue weighted by Crippen LogP contribution is 2.13. The highest BCUT2D eigenvalue weighted by molar-refractivity contribution is 5.87. The molecule has 0 heterocycles. The zero-order valence-corrected chi connectivity index (χ0v) is 10.8. The monoisotopic (exact) mass is 242 g/mol. The van der Waals surface area contributed by atoms with Crippen molar-refractivity contribution in [2.45, 2.75) is 19.8 Å². The Balaban J connectivity index is 2.34. The summed E-state index contributed by atoms with van der Waals surface area (Å²) in [5, 5.41) is 2.74. The number of hydrogen-bond acceptors (Lipinski definition) is 1. The molecule has 2 heteroatoms. The summed E-state index contributed by atoms with van der Waals surface area (Å²) in [6.45, 7) is 7.47. The van der Waals surface area contributed by atoms with Gasteiger partial charge in [-0.1, -0.05) is 42.5 Å². The van der Waals surface area contributed by atoms with Crippen molar-refractivity contribution in [3.05, 3.63) is 67.2 Å². The lowest BCUT2D eigenvalue weighted by atomic mass is 9.96. The highest BCUT2D eigenvalue weighted by atomic mass is 16.1. The third-order valence-electron chi connectivity index (χ3n) is 2.66. The molecule has 0 spiro atoms. The Morgan fingerprint density at radius 2 is 2.11 bits per heavy atom. The van der Waals surface area contributed by atoms with Crippen LogP contribution in [0.4, 0.5) is 0 Å². The highest BCUT2D eigenvalue weighted by Gasteiger charge is 2.06. The van der Waals surface area contributed by atoms with E-state index in [2.05, 4.69) is 24.0 Å². The third kappa shape index (κ3) is 5.48. The van der Waals surface area contributed by atoms with Crippen molar-refractivity contribution in [2.24, 2.45) is 5.92 Å². The quantitative estimate of drug-likeness (QED) is 0.577. The van der Waals surface area contributed by atoms with Gasteiger partial charge < -0.3 is 5.32 Å². The van der Waals surface area contributed by atoms with E-state index in [1.54, 1.807) is 12.6 Å². The molecule has 0 aromatic heterocycles. The fourth-order valence-corrected chi connectivity index (χ4v) is 1.69. The topological polar surface area (TPSA) is 29.1 Å². The zero-order valence-electron chi connectivity index (χ0n) is 10.8. The molecular formula is C16H20NO. The molecule has 95 valence electrons. The van der Waals surface area contributed by atoms with E-state index < -0.39 is 0 Å². The van der Waals surface area contributed by atoms with Crippen molar-refractivity contribution >= 4 is 5.91 Å². The minimum atomic E-state index is -0.0833. The molecule has 1 aromatic carbocycles. The molecule has 1 atom stereocenters. The lowest BCUT2D eigenvalue weighted by Gasteiger charge is -2.12. The van der Waals surface area contributed by atoms with Crippen LogP contribution < -0.4 is 5.32 Å². The minimum Gasteiger partial charge on any atom is -0.348 e. The summed E-state index contributed by atoms with van der Waals surface area (Å²) in [6.07, 6.45) is 6.90. The van der Waals surface area contributed by atoms with Crippen LogP contribution in [-0.2, 0) is 11.2 Å².